The lowest BCUT2D eigenvalue weighted by Gasteiger charge is -2.18. The van der Waals surface area contributed by atoms with Gasteiger partial charge in [0, 0.05) is 4.88 Å². The summed E-state index contributed by atoms with van der Waals surface area (Å²) in [4.78, 5) is 37.9. The van der Waals surface area contributed by atoms with Gasteiger partial charge in [0.15, 0.2) is 6.61 Å². The van der Waals surface area contributed by atoms with Crippen LogP contribution in [-0.2, 0) is 27.1 Å². The van der Waals surface area contributed by atoms with Crippen molar-refractivity contribution in [1.29, 1.82) is 0 Å². The molecule has 0 radical (unpaired) electrons. The Morgan fingerprint density at radius 2 is 2.03 bits per heavy atom. The molecule has 8 heteroatoms. The highest BCUT2D eigenvalue weighted by Crippen LogP contribution is 2.40. The highest BCUT2D eigenvalue weighted by molar-refractivity contribution is 7.17. The molecule has 1 amide bonds. The zero-order valence-corrected chi connectivity index (χ0v) is 17.1. The first-order chi connectivity index (χ1) is 13.9. The van der Waals surface area contributed by atoms with Crippen LogP contribution in [0.3, 0.4) is 0 Å². The number of ether oxygens (including phenoxy) is 2. The van der Waals surface area contributed by atoms with Gasteiger partial charge in [0.25, 0.3) is 5.91 Å². The molecule has 0 unspecified atom stereocenters. The number of esters is 2. The maximum atomic E-state index is 12.5. The predicted molar refractivity (Wildman–Crippen MR) is 108 cm³/mol. The van der Waals surface area contributed by atoms with Gasteiger partial charge in [0.2, 0.25) is 0 Å². The number of benzene rings is 1. The number of phenolic OH excluding ortho intramolecular Hbond substituents is 1. The lowest BCUT2D eigenvalue weighted by atomic mass is 9.88. The van der Waals surface area contributed by atoms with Crippen LogP contribution in [0.5, 0.6) is 5.75 Å². The minimum Gasteiger partial charge on any atom is -0.508 e. The summed E-state index contributed by atoms with van der Waals surface area (Å²) in [6, 6.07) is 5.68. The second kappa shape index (κ2) is 9.09. The van der Waals surface area contributed by atoms with Crippen molar-refractivity contribution in [2.24, 2.45) is 5.92 Å². The lowest BCUT2D eigenvalue weighted by molar-refractivity contribution is -0.119. The molecule has 3 rings (SSSR count). The molecule has 7 nitrogen and oxygen atoms in total. The van der Waals surface area contributed by atoms with E-state index in [0.717, 1.165) is 29.7 Å². The molecule has 1 atom stereocenters. The van der Waals surface area contributed by atoms with Crippen LogP contribution in [0, 0.1) is 5.92 Å². The number of carbonyl (C=O) groups is 3. The second-order valence-electron chi connectivity index (χ2n) is 6.95. The number of thiophene rings is 1. The number of anilines is 1. The van der Waals surface area contributed by atoms with Crippen molar-refractivity contribution in [3.63, 3.8) is 0 Å². The molecule has 2 aromatic rings. The van der Waals surface area contributed by atoms with E-state index in [1.807, 2.05) is 0 Å². The number of hydrogen-bond donors (Lipinski definition) is 2. The zero-order chi connectivity index (χ0) is 21.0. The van der Waals surface area contributed by atoms with Crippen molar-refractivity contribution in [2.75, 3.05) is 18.5 Å². The summed E-state index contributed by atoms with van der Waals surface area (Å²) in [5.41, 5.74) is 1.50. The van der Waals surface area contributed by atoms with Gasteiger partial charge in [0.1, 0.15) is 10.8 Å². The Hall–Kier alpha value is -2.87. The zero-order valence-electron chi connectivity index (χ0n) is 16.3. The fourth-order valence-corrected chi connectivity index (χ4v) is 4.68. The molecular weight excluding hydrogens is 394 g/mol. The van der Waals surface area contributed by atoms with Gasteiger partial charge in [-0.05, 0) is 55.9 Å². The Balaban J connectivity index is 1.71. The van der Waals surface area contributed by atoms with Crippen molar-refractivity contribution in [3.8, 4) is 5.75 Å². The van der Waals surface area contributed by atoms with Crippen LogP contribution in [0.1, 0.15) is 51.4 Å². The Morgan fingerprint density at radius 1 is 1.24 bits per heavy atom. The van der Waals surface area contributed by atoms with Crippen molar-refractivity contribution < 1.29 is 29.0 Å². The summed E-state index contributed by atoms with van der Waals surface area (Å²) in [5.74, 6) is -1.27. The van der Waals surface area contributed by atoms with Crippen LogP contribution in [0.25, 0.3) is 0 Å². The number of rotatable bonds is 6. The van der Waals surface area contributed by atoms with Crippen LogP contribution in [0.15, 0.2) is 24.3 Å². The average Bonchev–Trinajstić information content (AvgIpc) is 3.03. The Kier molecular flexibility index (Phi) is 6.53. The number of amides is 1. The van der Waals surface area contributed by atoms with Gasteiger partial charge in [0.05, 0.1) is 17.7 Å². The van der Waals surface area contributed by atoms with Gasteiger partial charge in [-0.2, -0.15) is 0 Å². The van der Waals surface area contributed by atoms with Crippen molar-refractivity contribution in [2.45, 2.75) is 33.1 Å². The van der Waals surface area contributed by atoms with Gasteiger partial charge < -0.3 is 19.9 Å². The predicted octanol–water partition coefficient (Wildman–Crippen LogP) is 3.55. The summed E-state index contributed by atoms with van der Waals surface area (Å²) >= 11 is 1.37. The maximum Gasteiger partial charge on any atom is 0.341 e. The molecule has 29 heavy (non-hydrogen) atoms. The van der Waals surface area contributed by atoms with Crippen molar-refractivity contribution in [1.82, 2.24) is 0 Å². The summed E-state index contributed by atoms with van der Waals surface area (Å²) in [5, 5.41) is 12.6. The highest BCUT2D eigenvalue weighted by Gasteiger charge is 2.29. The van der Waals surface area contributed by atoms with E-state index in [2.05, 4.69) is 12.2 Å². The fraction of sp³-hybridized carbons (Fsp3) is 0.381. The topological polar surface area (TPSA) is 102 Å². The molecule has 2 N–H and O–H groups in total. The number of phenols is 1. The fourth-order valence-electron chi connectivity index (χ4n) is 3.27. The van der Waals surface area contributed by atoms with Crippen LogP contribution in [0.2, 0.25) is 0 Å². The van der Waals surface area contributed by atoms with Crippen molar-refractivity contribution >= 4 is 34.2 Å². The number of nitrogens with one attached hydrogen (secondary N) is 1. The SMILES string of the molecule is CCOC(=O)c1c(NC(=O)COC(=O)c2cccc(O)c2)sc2c1CC[C@H](C)C2. The highest BCUT2D eigenvalue weighted by atomic mass is 32.1. The molecular formula is C21H23NO6S. The Bertz CT molecular complexity index is 935. The van der Waals surface area contributed by atoms with E-state index < -0.39 is 24.5 Å². The Morgan fingerprint density at radius 3 is 2.76 bits per heavy atom. The van der Waals surface area contributed by atoms with Crippen molar-refractivity contribution in [3.05, 3.63) is 45.8 Å². The summed E-state index contributed by atoms with van der Waals surface area (Å²) in [6.45, 7) is 3.63. The van der Waals surface area contributed by atoms with Gasteiger partial charge in [-0.25, -0.2) is 9.59 Å². The van der Waals surface area contributed by atoms with E-state index in [4.69, 9.17) is 9.47 Å². The van der Waals surface area contributed by atoms with Gasteiger partial charge >= 0.3 is 11.9 Å². The molecule has 0 bridgehead atoms. The summed E-state index contributed by atoms with van der Waals surface area (Å²) in [7, 11) is 0. The first kappa shape index (κ1) is 20.9. The molecule has 0 saturated heterocycles. The molecule has 0 fully saturated rings. The maximum absolute atomic E-state index is 12.5. The third-order valence-electron chi connectivity index (χ3n) is 4.66. The van der Waals surface area contributed by atoms with E-state index in [9.17, 15) is 19.5 Å². The van der Waals surface area contributed by atoms with Crippen LogP contribution >= 0.6 is 11.3 Å². The molecule has 0 spiro atoms. The minimum absolute atomic E-state index is 0.0682. The first-order valence-corrected chi connectivity index (χ1v) is 10.3. The van der Waals surface area contributed by atoms with Gasteiger partial charge in [-0.1, -0.05) is 13.0 Å². The molecule has 1 aliphatic carbocycles. The van der Waals surface area contributed by atoms with Gasteiger partial charge in [-0.15, -0.1) is 11.3 Å². The van der Waals surface area contributed by atoms with E-state index in [1.165, 1.54) is 35.6 Å². The second-order valence-corrected chi connectivity index (χ2v) is 8.06. The van der Waals surface area contributed by atoms with E-state index in [0.29, 0.717) is 16.5 Å². The Labute approximate surface area is 172 Å². The quantitative estimate of drug-likeness (QED) is 0.697. The van der Waals surface area contributed by atoms with Gasteiger partial charge in [-0.3, -0.25) is 4.79 Å². The first-order valence-electron chi connectivity index (χ1n) is 9.46. The average molecular weight is 417 g/mol. The summed E-state index contributed by atoms with van der Waals surface area (Å²) in [6.07, 6.45) is 2.60. The molecule has 1 aliphatic rings. The van der Waals surface area contributed by atoms with Crippen LogP contribution < -0.4 is 5.32 Å². The smallest absolute Gasteiger partial charge is 0.341 e. The van der Waals surface area contributed by atoms with E-state index in [1.54, 1.807) is 6.92 Å². The molecule has 1 heterocycles. The van der Waals surface area contributed by atoms with Crippen LogP contribution in [0.4, 0.5) is 5.00 Å². The molecule has 1 aromatic carbocycles. The number of aromatic hydroxyl groups is 1. The van der Waals surface area contributed by atoms with E-state index in [-0.39, 0.29) is 17.9 Å². The number of carbonyl (C=O) groups excluding carboxylic acids is 3. The molecule has 1 aromatic heterocycles. The minimum atomic E-state index is -0.721. The standard InChI is InChI=1S/C21H23NO6S/c1-3-27-21(26)18-15-8-7-12(2)9-16(15)29-19(18)22-17(24)11-28-20(25)13-5-4-6-14(23)10-13/h4-6,10,12,23H,3,7-9,11H2,1-2H3,(H,22,24)/t12-/m0/s1. The van der Waals surface area contributed by atoms with E-state index >= 15 is 0 Å². The summed E-state index contributed by atoms with van der Waals surface area (Å²) < 4.78 is 10.2. The monoisotopic (exact) mass is 417 g/mol. The normalized spacial score (nSPS) is 15.3. The number of fused-ring (bicyclic) bond motifs is 1. The molecule has 154 valence electrons. The molecule has 0 aliphatic heterocycles. The lowest BCUT2D eigenvalue weighted by Crippen LogP contribution is -2.22. The number of hydrogen-bond acceptors (Lipinski definition) is 7. The third kappa shape index (κ3) is 4.95. The largest absolute Gasteiger partial charge is 0.508 e. The van der Waals surface area contributed by atoms with Crippen LogP contribution in [-0.4, -0.2) is 36.2 Å². The molecule has 0 saturated carbocycles. The third-order valence-corrected chi connectivity index (χ3v) is 5.83.